The van der Waals surface area contributed by atoms with Crippen LogP contribution in [0.2, 0.25) is 0 Å². The Morgan fingerprint density at radius 2 is 2.00 bits per heavy atom. The minimum atomic E-state index is -4.33. The van der Waals surface area contributed by atoms with Crippen LogP contribution in [0.5, 0.6) is 0 Å². The van der Waals surface area contributed by atoms with E-state index in [1.54, 1.807) is 24.3 Å². The Balaban J connectivity index is 2.46. The molecule has 16 heavy (non-hydrogen) atoms. The number of hydrogen-bond donors (Lipinski definition) is 1. The van der Waals surface area contributed by atoms with Crippen LogP contribution in [0.3, 0.4) is 0 Å². The second-order valence-electron chi connectivity index (χ2n) is 3.35. The van der Waals surface area contributed by atoms with Crippen molar-refractivity contribution < 1.29 is 13.2 Å². The molecule has 0 saturated carbocycles. The SMILES string of the molecule is NCC(c1nc2ccccc2s1)C(F)(F)F. The number of hydrogen-bond acceptors (Lipinski definition) is 3. The Labute approximate surface area is 93.9 Å². The van der Waals surface area contributed by atoms with E-state index < -0.39 is 18.6 Å². The lowest BCUT2D eigenvalue weighted by Crippen LogP contribution is -2.27. The molecule has 1 aromatic carbocycles. The molecule has 6 heteroatoms. The fourth-order valence-corrected chi connectivity index (χ4v) is 2.52. The Morgan fingerprint density at radius 3 is 2.56 bits per heavy atom. The summed E-state index contributed by atoms with van der Waals surface area (Å²) < 4.78 is 38.6. The molecular formula is C10H9F3N2S. The first-order chi connectivity index (χ1) is 7.52. The lowest BCUT2D eigenvalue weighted by atomic mass is 10.1. The van der Waals surface area contributed by atoms with Gasteiger partial charge in [-0.05, 0) is 12.1 Å². The maximum Gasteiger partial charge on any atom is 0.399 e. The summed E-state index contributed by atoms with van der Waals surface area (Å²) in [5.41, 5.74) is 5.75. The zero-order chi connectivity index (χ0) is 11.8. The van der Waals surface area contributed by atoms with Crippen molar-refractivity contribution in [2.24, 2.45) is 5.73 Å². The fraction of sp³-hybridized carbons (Fsp3) is 0.300. The second-order valence-corrected chi connectivity index (χ2v) is 4.41. The number of nitrogens with zero attached hydrogens (tertiary/aromatic N) is 1. The zero-order valence-electron chi connectivity index (χ0n) is 8.16. The van der Waals surface area contributed by atoms with Gasteiger partial charge in [-0.3, -0.25) is 0 Å². The molecule has 0 aliphatic carbocycles. The molecule has 0 aliphatic rings. The van der Waals surface area contributed by atoms with E-state index in [2.05, 4.69) is 4.98 Å². The van der Waals surface area contributed by atoms with Gasteiger partial charge < -0.3 is 5.73 Å². The summed E-state index contributed by atoms with van der Waals surface area (Å²) in [6.45, 7) is -0.469. The summed E-state index contributed by atoms with van der Waals surface area (Å²) in [7, 11) is 0. The van der Waals surface area contributed by atoms with Gasteiger partial charge in [-0.2, -0.15) is 13.2 Å². The molecule has 1 aromatic heterocycles. The van der Waals surface area contributed by atoms with E-state index in [4.69, 9.17) is 5.73 Å². The molecule has 2 aromatic rings. The molecule has 2 nitrogen and oxygen atoms in total. The fourth-order valence-electron chi connectivity index (χ4n) is 1.41. The summed E-state index contributed by atoms with van der Waals surface area (Å²) in [6, 6.07) is 6.96. The molecule has 2 N–H and O–H groups in total. The number of thiazole rings is 1. The summed E-state index contributed by atoms with van der Waals surface area (Å²) >= 11 is 1.05. The highest BCUT2D eigenvalue weighted by Crippen LogP contribution is 2.37. The highest BCUT2D eigenvalue weighted by Gasteiger charge is 2.41. The number of para-hydroxylation sites is 1. The normalized spacial score (nSPS) is 14.2. The van der Waals surface area contributed by atoms with Crippen molar-refractivity contribution in [2.75, 3.05) is 6.54 Å². The van der Waals surface area contributed by atoms with Crippen molar-refractivity contribution in [3.05, 3.63) is 29.3 Å². The quantitative estimate of drug-likeness (QED) is 0.884. The van der Waals surface area contributed by atoms with Crippen molar-refractivity contribution >= 4 is 21.6 Å². The maximum atomic E-state index is 12.6. The van der Waals surface area contributed by atoms with Gasteiger partial charge in [0.25, 0.3) is 0 Å². The third kappa shape index (κ3) is 2.03. The predicted molar refractivity (Wildman–Crippen MR) is 57.5 cm³/mol. The van der Waals surface area contributed by atoms with Crippen molar-refractivity contribution in [1.29, 1.82) is 0 Å². The number of halogens is 3. The first-order valence-corrected chi connectivity index (χ1v) is 5.46. The van der Waals surface area contributed by atoms with Crippen molar-refractivity contribution in [3.8, 4) is 0 Å². The lowest BCUT2D eigenvalue weighted by Gasteiger charge is -2.15. The second kappa shape index (κ2) is 4.03. The Hall–Kier alpha value is -1.14. The third-order valence-corrected chi connectivity index (χ3v) is 3.39. The minimum absolute atomic E-state index is 0.0381. The van der Waals surface area contributed by atoms with E-state index in [0.717, 1.165) is 16.0 Å². The van der Waals surface area contributed by atoms with Gasteiger partial charge in [0.15, 0.2) is 0 Å². The highest BCUT2D eigenvalue weighted by molar-refractivity contribution is 7.18. The highest BCUT2D eigenvalue weighted by atomic mass is 32.1. The summed E-state index contributed by atoms with van der Waals surface area (Å²) in [4.78, 5) is 3.97. The van der Waals surface area contributed by atoms with Crippen LogP contribution in [0.15, 0.2) is 24.3 Å². The molecule has 1 atom stereocenters. The molecule has 2 rings (SSSR count). The third-order valence-electron chi connectivity index (χ3n) is 2.24. The van der Waals surface area contributed by atoms with Gasteiger partial charge in [0.05, 0.1) is 10.2 Å². The number of fused-ring (bicyclic) bond motifs is 1. The topological polar surface area (TPSA) is 38.9 Å². The van der Waals surface area contributed by atoms with E-state index in [-0.39, 0.29) is 5.01 Å². The molecule has 0 amide bonds. The van der Waals surface area contributed by atoms with Crippen LogP contribution in [-0.4, -0.2) is 17.7 Å². The number of alkyl halides is 3. The van der Waals surface area contributed by atoms with E-state index in [0.29, 0.717) is 5.52 Å². The molecule has 0 saturated heterocycles. The van der Waals surface area contributed by atoms with Gasteiger partial charge in [-0.1, -0.05) is 12.1 Å². The smallest absolute Gasteiger partial charge is 0.329 e. The van der Waals surface area contributed by atoms with E-state index in [1.807, 2.05) is 0 Å². The largest absolute Gasteiger partial charge is 0.399 e. The summed E-state index contributed by atoms with van der Waals surface area (Å²) in [6.07, 6.45) is -4.33. The monoisotopic (exact) mass is 246 g/mol. The van der Waals surface area contributed by atoms with Gasteiger partial charge in [-0.15, -0.1) is 11.3 Å². The Bertz CT molecular complexity index is 459. The van der Waals surface area contributed by atoms with Crippen LogP contribution < -0.4 is 5.73 Å². The van der Waals surface area contributed by atoms with Crippen LogP contribution in [0.1, 0.15) is 10.9 Å². The summed E-state index contributed by atoms with van der Waals surface area (Å²) in [5.74, 6) is -1.66. The average Bonchev–Trinajstić information content (AvgIpc) is 2.59. The number of rotatable bonds is 2. The molecule has 0 radical (unpaired) electrons. The van der Waals surface area contributed by atoms with Crippen LogP contribution in [0, 0.1) is 0 Å². The molecule has 1 heterocycles. The Morgan fingerprint density at radius 1 is 1.31 bits per heavy atom. The van der Waals surface area contributed by atoms with Gasteiger partial charge in [0, 0.05) is 6.54 Å². The number of benzene rings is 1. The molecular weight excluding hydrogens is 237 g/mol. The molecule has 1 unspecified atom stereocenters. The maximum absolute atomic E-state index is 12.6. The van der Waals surface area contributed by atoms with E-state index >= 15 is 0 Å². The summed E-state index contributed by atoms with van der Waals surface area (Å²) in [5, 5.41) is 0.0381. The van der Waals surface area contributed by atoms with Gasteiger partial charge >= 0.3 is 6.18 Å². The Kier molecular flexibility index (Phi) is 2.86. The van der Waals surface area contributed by atoms with Crippen molar-refractivity contribution in [3.63, 3.8) is 0 Å². The molecule has 0 bridgehead atoms. The first kappa shape index (κ1) is 11.3. The molecule has 0 spiro atoms. The molecule has 0 aliphatic heterocycles. The van der Waals surface area contributed by atoms with Gasteiger partial charge in [0.1, 0.15) is 10.9 Å². The lowest BCUT2D eigenvalue weighted by molar-refractivity contribution is -0.148. The first-order valence-electron chi connectivity index (χ1n) is 4.64. The number of aromatic nitrogens is 1. The minimum Gasteiger partial charge on any atom is -0.329 e. The molecule has 86 valence electrons. The van der Waals surface area contributed by atoms with Crippen LogP contribution in [-0.2, 0) is 0 Å². The van der Waals surface area contributed by atoms with Gasteiger partial charge in [0.2, 0.25) is 0 Å². The predicted octanol–water partition coefficient (Wildman–Crippen LogP) is 2.90. The van der Waals surface area contributed by atoms with E-state index in [1.165, 1.54) is 0 Å². The molecule has 0 fully saturated rings. The van der Waals surface area contributed by atoms with Crippen LogP contribution in [0.25, 0.3) is 10.2 Å². The van der Waals surface area contributed by atoms with Crippen LogP contribution in [0.4, 0.5) is 13.2 Å². The van der Waals surface area contributed by atoms with Crippen molar-refractivity contribution in [1.82, 2.24) is 4.98 Å². The van der Waals surface area contributed by atoms with Crippen molar-refractivity contribution in [2.45, 2.75) is 12.1 Å². The zero-order valence-corrected chi connectivity index (χ0v) is 8.98. The standard InChI is InChI=1S/C10H9F3N2S/c11-10(12,13)6(5-14)9-15-7-3-1-2-4-8(7)16-9/h1-4,6H,5,14H2. The van der Waals surface area contributed by atoms with E-state index in [9.17, 15) is 13.2 Å². The number of nitrogens with two attached hydrogens (primary N) is 1. The van der Waals surface area contributed by atoms with Crippen LogP contribution >= 0.6 is 11.3 Å². The van der Waals surface area contributed by atoms with Gasteiger partial charge in [-0.25, -0.2) is 4.98 Å². The average molecular weight is 246 g/mol.